The summed E-state index contributed by atoms with van der Waals surface area (Å²) in [7, 11) is 1.54. The number of nitrogens with zero attached hydrogens (tertiary/aromatic N) is 2. The van der Waals surface area contributed by atoms with E-state index in [1.54, 1.807) is 41.7 Å². The average molecular weight is 582 g/mol. The quantitative estimate of drug-likeness (QED) is 0.332. The number of hydrogen-bond donors (Lipinski definition) is 3. The van der Waals surface area contributed by atoms with Crippen molar-refractivity contribution in [3.05, 3.63) is 112 Å². The number of allylic oxidation sites excluding steroid dienone is 1. The van der Waals surface area contributed by atoms with Crippen molar-refractivity contribution in [2.75, 3.05) is 20.3 Å². The lowest BCUT2D eigenvalue weighted by atomic mass is 9.94. The number of methoxy groups -OCH3 is 1. The highest BCUT2D eigenvalue weighted by Crippen LogP contribution is 2.32. The summed E-state index contributed by atoms with van der Waals surface area (Å²) in [5.41, 5.74) is 2.38. The van der Waals surface area contributed by atoms with E-state index in [0.29, 0.717) is 56.9 Å². The van der Waals surface area contributed by atoms with Gasteiger partial charge in [-0.1, -0.05) is 35.9 Å². The standard InChI is InChI=1S/C31H28ClF3N4O2/c1-41-26-7-3-2-6-24(26)29(36)28(20-10-14-22(32)15-11-20)30-37-25(19-8-12-21(13-9-19)31(33,34)35)17-27(38-30)39-16-4-5-23(39)18-40/h2-3,6-15,17,23,36-37,40H,4-5,16,18H2,1H3/p+1/b30-28+,36-29?/t23-/m0/s1. The second-order valence-electron chi connectivity index (χ2n) is 9.80. The highest BCUT2D eigenvalue weighted by molar-refractivity contribution is 6.33. The van der Waals surface area contributed by atoms with Crippen LogP contribution in [0.25, 0.3) is 11.3 Å². The van der Waals surface area contributed by atoms with E-state index >= 15 is 0 Å². The molecule has 1 atom stereocenters. The van der Waals surface area contributed by atoms with Gasteiger partial charge in [-0.15, -0.1) is 0 Å². The molecule has 41 heavy (non-hydrogen) atoms. The molecule has 2 aliphatic heterocycles. The predicted octanol–water partition coefficient (Wildman–Crippen LogP) is 5.58. The highest BCUT2D eigenvalue weighted by atomic mass is 35.5. The third kappa shape index (κ3) is 6.07. The Hall–Kier alpha value is -3.92. The van der Waals surface area contributed by atoms with E-state index in [1.165, 1.54) is 19.2 Å². The van der Waals surface area contributed by atoms with E-state index < -0.39 is 11.7 Å². The van der Waals surface area contributed by atoms with E-state index in [0.717, 1.165) is 25.0 Å². The Balaban J connectivity index is 1.70. The third-order valence-electron chi connectivity index (χ3n) is 7.25. The first-order valence-corrected chi connectivity index (χ1v) is 13.5. The Bertz CT molecular complexity index is 1530. The number of aliphatic imine (C=N–C) groups is 1. The van der Waals surface area contributed by atoms with Crippen molar-refractivity contribution >= 4 is 34.4 Å². The summed E-state index contributed by atoms with van der Waals surface area (Å²) in [6.07, 6.45) is -0.955. The van der Waals surface area contributed by atoms with Gasteiger partial charge in [0.05, 0.1) is 36.6 Å². The number of halogens is 4. The molecule has 0 unspecified atom stereocenters. The van der Waals surface area contributed by atoms with Gasteiger partial charge in [-0.25, -0.2) is 0 Å². The molecule has 0 aromatic heterocycles. The summed E-state index contributed by atoms with van der Waals surface area (Å²) in [6, 6.07) is 19.1. The van der Waals surface area contributed by atoms with Crippen LogP contribution in [0.15, 0.2) is 89.7 Å². The van der Waals surface area contributed by atoms with Crippen LogP contribution in [0.5, 0.6) is 5.75 Å². The third-order valence-corrected chi connectivity index (χ3v) is 7.51. The Kier molecular flexibility index (Phi) is 8.30. The van der Waals surface area contributed by atoms with Crippen molar-refractivity contribution in [3.8, 4) is 5.75 Å². The number of aliphatic hydroxyl groups is 1. The molecule has 5 rings (SSSR count). The predicted molar refractivity (Wildman–Crippen MR) is 154 cm³/mol. The van der Waals surface area contributed by atoms with Gasteiger partial charge in [0.1, 0.15) is 17.3 Å². The maximum Gasteiger partial charge on any atom is 0.416 e. The van der Waals surface area contributed by atoms with Crippen molar-refractivity contribution in [2.45, 2.75) is 25.1 Å². The second kappa shape index (κ2) is 11.9. The lowest BCUT2D eigenvalue weighted by molar-refractivity contribution is -0.509. The minimum absolute atomic E-state index is 0.0493. The van der Waals surface area contributed by atoms with Crippen molar-refractivity contribution in [3.63, 3.8) is 0 Å². The molecule has 0 radical (unpaired) electrons. The van der Waals surface area contributed by atoms with Gasteiger partial charge in [-0.2, -0.15) is 18.2 Å². The Labute approximate surface area is 240 Å². The van der Waals surface area contributed by atoms with Gasteiger partial charge >= 0.3 is 6.18 Å². The van der Waals surface area contributed by atoms with E-state index in [-0.39, 0.29) is 18.4 Å². The van der Waals surface area contributed by atoms with Crippen molar-refractivity contribution in [1.82, 2.24) is 4.90 Å². The van der Waals surface area contributed by atoms with Crippen molar-refractivity contribution in [1.29, 1.82) is 5.41 Å². The minimum atomic E-state index is -4.45. The number of ether oxygens (including phenoxy) is 1. The molecule has 212 valence electrons. The number of nitrogens with two attached hydrogens (primary N) is 1. The number of aliphatic hydroxyl groups excluding tert-OH is 1. The summed E-state index contributed by atoms with van der Waals surface area (Å²) in [6.45, 7) is 0.626. The number of quaternary nitrogens is 1. The molecule has 0 saturated carbocycles. The second-order valence-corrected chi connectivity index (χ2v) is 10.2. The van der Waals surface area contributed by atoms with Gasteiger partial charge in [-0.05, 0) is 66.9 Å². The first kappa shape index (κ1) is 28.6. The first-order valence-electron chi connectivity index (χ1n) is 13.1. The maximum atomic E-state index is 13.3. The topological polar surface area (TPSA) is 85.5 Å². The molecular weight excluding hydrogens is 553 g/mol. The van der Waals surface area contributed by atoms with Gasteiger partial charge in [0.15, 0.2) is 0 Å². The van der Waals surface area contributed by atoms with Crippen LogP contribution in [0.2, 0.25) is 5.02 Å². The Morgan fingerprint density at radius 2 is 1.80 bits per heavy atom. The summed E-state index contributed by atoms with van der Waals surface area (Å²) < 4.78 is 45.4. The van der Waals surface area contributed by atoms with Crippen molar-refractivity contribution < 1.29 is 28.3 Å². The molecule has 3 aromatic carbocycles. The molecule has 3 aromatic rings. The molecule has 1 saturated heterocycles. The molecule has 4 N–H and O–H groups in total. The number of rotatable bonds is 6. The monoisotopic (exact) mass is 581 g/mol. The SMILES string of the molecule is COc1ccccc1C(=N)/C(=C1/N=C(N2CCC[C@H]2CO)C=C(c2ccc(C(F)(F)F)cc2)[NH2+]1)c1ccc(Cl)cc1. The zero-order valence-electron chi connectivity index (χ0n) is 22.3. The molecule has 0 bridgehead atoms. The zero-order valence-corrected chi connectivity index (χ0v) is 23.0. The highest BCUT2D eigenvalue weighted by Gasteiger charge is 2.33. The molecule has 0 amide bonds. The first-order chi connectivity index (χ1) is 19.7. The number of amidine groups is 1. The lowest BCUT2D eigenvalue weighted by Gasteiger charge is -2.27. The van der Waals surface area contributed by atoms with E-state index in [9.17, 15) is 23.7 Å². The van der Waals surface area contributed by atoms with Crippen LogP contribution in [0.1, 0.15) is 35.1 Å². The fourth-order valence-electron chi connectivity index (χ4n) is 5.16. The molecule has 1 fully saturated rings. The zero-order chi connectivity index (χ0) is 29.1. The maximum absolute atomic E-state index is 13.3. The van der Waals surface area contributed by atoms with Crippen LogP contribution in [-0.2, 0) is 6.18 Å². The van der Waals surface area contributed by atoms with Gasteiger partial charge in [-0.3, -0.25) is 10.7 Å². The van der Waals surface area contributed by atoms with E-state index in [1.807, 2.05) is 23.1 Å². The number of likely N-dealkylation sites (tertiary alicyclic amines) is 1. The van der Waals surface area contributed by atoms with Crippen LogP contribution in [0.3, 0.4) is 0 Å². The van der Waals surface area contributed by atoms with Crippen LogP contribution in [-0.4, -0.2) is 47.9 Å². The largest absolute Gasteiger partial charge is 0.496 e. The van der Waals surface area contributed by atoms with Crippen LogP contribution < -0.4 is 10.1 Å². The fourth-order valence-corrected chi connectivity index (χ4v) is 5.29. The molecule has 10 heteroatoms. The molecule has 2 heterocycles. The molecule has 6 nitrogen and oxygen atoms in total. The van der Waals surface area contributed by atoms with Gasteiger partial charge in [0, 0.05) is 28.8 Å². The Morgan fingerprint density at radius 1 is 1.10 bits per heavy atom. The van der Waals surface area contributed by atoms with Crippen LogP contribution in [0.4, 0.5) is 13.2 Å². The number of hydrogen-bond acceptors (Lipinski definition) is 5. The summed E-state index contributed by atoms with van der Waals surface area (Å²) in [5.74, 6) is 1.55. The van der Waals surface area contributed by atoms with E-state index in [2.05, 4.69) is 0 Å². The van der Waals surface area contributed by atoms with Crippen molar-refractivity contribution in [2.24, 2.45) is 4.99 Å². The normalized spacial score (nSPS) is 18.6. The van der Waals surface area contributed by atoms with E-state index in [4.69, 9.17) is 21.3 Å². The average Bonchev–Trinajstić information content (AvgIpc) is 3.47. The Morgan fingerprint density at radius 3 is 2.46 bits per heavy atom. The number of para-hydroxylation sites is 1. The molecule has 0 aliphatic carbocycles. The van der Waals surface area contributed by atoms with Crippen LogP contribution >= 0.6 is 11.6 Å². The number of alkyl halides is 3. The molecule has 0 spiro atoms. The van der Waals surface area contributed by atoms with Gasteiger partial charge < -0.3 is 14.7 Å². The number of nitrogens with one attached hydrogen (secondary N) is 1. The summed E-state index contributed by atoms with van der Waals surface area (Å²) in [4.78, 5) is 7.00. The van der Waals surface area contributed by atoms with Gasteiger partial charge in [0.25, 0.3) is 0 Å². The smallest absolute Gasteiger partial charge is 0.416 e. The van der Waals surface area contributed by atoms with Crippen LogP contribution in [0, 0.1) is 5.41 Å². The van der Waals surface area contributed by atoms with Gasteiger partial charge in [0.2, 0.25) is 5.82 Å². The minimum Gasteiger partial charge on any atom is -0.496 e. The lowest BCUT2D eigenvalue weighted by Crippen LogP contribution is -2.80. The summed E-state index contributed by atoms with van der Waals surface area (Å²) >= 11 is 6.19. The molecular formula is C31H29ClF3N4O2+. The summed E-state index contributed by atoms with van der Waals surface area (Å²) in [5, 5.41) is 21.7. The molecule has 2 aliphatic rings. The number of benzene rings is 3. The fraction of sp³-hybridized carbons (Fsp3) is 0.226.